The van der Waals surface area contributed by atoms with Crippen LogP contribution in [0.15, 0.2) is 37.5 Å². The number of benzene rings is 1. The minimum Gasteiger partial charge on any atom is -0.408 e. The van der Waals surface area contributed by atoms with Crippen molar-refractivity contribution in [3.63, 3.8) is 0 Å². The monoisotopic (exact) mass is 631 g/mol. The minimum absolute atomic E-state index is 0.0119. The topological polar surface area (TPSA) is 212 Å². The van der Waals surface area contributed by atoms with Crippen LogP contribution in [0.5, 0.6) is 0 Å². The summed E-state index contributed by atoms with van der Waals surface area (Å²) in [5.41, 5.74) is 0.638. The number of nitrogens with one attached hydrogen (secondary N) is 1. The molecule has 18 heteroatoms. The van der Waals surface area contributed by atoms with E-state index in [0.29, 0.717) is 39.6 Å². The Labute approximate surface area is 242 Å². The van der Waals surface area contributed by atoms with Crippen molar-refractivity contribution in [1.82, 2.24) is 20.4 Å². The first-order valence-corrected chi connectivity index (χ1v) is 16.6. The predicted octanol–water partition coefficient (Wildman–Crippen LogP) is 1.40. The summed E-state index contributed by atoms with van der Waals surface area (Å²) in [5.74, 6) is -0.745. The van der Waals surface area contributed by atoms with Gasteiger partial charge in [0.1, 0.15) is 0 Å². The average molecular weight is 632 g/mol. The number of carbonyl (C=O) groups excluding carboxylic acids is 1. The molecular formula is C24H33N5O11S2. The third-order valence-electron chi connectivity index (χ3n) is 5.10. The second-order valence-electron chi connectivity index (χ2n) is 8.84. The first-order chi connectivity index (χ1) is 20.0. The normalized spacial score (nSPS) is 12.1. The molecule has 0 fully saturated rings. The molecule has 1 aromatic carbocycles. The molecule has 0 atom stereocenters. The molecule has 0 saturated heterocycles. The molecule has 232 valence electrons. The SMILES string of the molecule is CCCOCCOCCOCCOCCC(=O)Nc1cc(-c2nnc(S(C)(=O)=O)o2)cc(-c2nnc(S(C)(=O)=O)o2)c1. The maximum atomic E-state index is 12.6. The number of rotatable bonds is 19. The first-order valence-electron chi connectivity index (χ1n) is 12.8. The smallest absolute Gasteiger partial charge is 0.335 e. The van der Waals surface area contributed by atoms with Gasteiger partial charge in [0, 0.05) is 35.9 Å². The molecule has 42 heavy (non-hydrogen) atoms. The van der Waals surface area contributed by atoms with Crippen molar-refractivity contribution in [3.8, 4) is 22.9 Å². The van der Waals surface area contributed by atoms with Gasteiger partial charge >= 0.3 is 10.4 Å². The number of amides is 1. The Hall–Kier alpha value is -3.29. The van der Waals surface area contributed by atoms with Crippen LogP contribution in [0.25, 0.3) is 22.9 Å². The van der Waals surface area contributed by atoms with Crippen molar-refractivity contribution >= 4 is 31.3 Å². The van der Waals surface area contributed by atoms with E-state index in [4.69, 9.17) is 27.8 Å². The maximum absolute atomic E-state index is 12.6. The van der Waals surface area contributed by atoms with Gasteiger partial charge in [-0.25, -0.2) is 16.8 Å². The third-order valence-corrected chi connectivity index (χ3v) is 6.69. The van der Waals surface area contributed by atoms with Crippen LogP contribution in [0.3, 0.4) is 0 Å². The fraction of sp³-hybridized carbons (Fsp3) is 0.542. The highest BCUT2D eigenvalue weighted by molar-refractivity contribution is 7.90. The number of hydrogen-bond acceptors (Lipinski definition) is 15. The third kappa shape index (κ3) is 10.8. The zero-order valence-electron chi connectivity index (χ0n) is 23.4. The van der Waals surface area contributed by atoms with E-state index in [-0.39, 0.29) is 48.2 Å². The van der Waals surface area contributed by atoms with Crippen molar-refractivity contribution in [2.45, 2.75) is 30.2 Å². The molecule has 1 N–H and O–H groups in total. The summed E-state index contributed by atoms with van der Waals surface area (Å²) in [6.45, 7) is 5.40. The zero-order chi connectivity index (χ0) is 30.6. The number of anilines is 1. The Morgan fingerprint density at radius 3 is 1.52 bits per heavy atom. The molecule has 2 aromatic heterocycles. The molecule has 0 spiro atoms. The van der Waals surface area contributed by atoms with Crippen LogP contribution < -0.4 is 5.32 Å². The first kappa shape index (κ1) is 33.2. The lowest BCUT2D eigenvalue weighted by Crippen LogP contribution is -2.16. The summed E-state index contributed by atoms with van der Waals surface area (Å²) < 4.78 is 79.1. The lowest BCUT2D eigenvalue weighted by molar-refractivity contribution is -0.117. The van der Waals surface area contributed by atoms with E-state index >= 15 is 0 Å². The second kappa shape index (κ2) is 15.8. The molecule has 0 saturated carbocycles. The average Bonchev–Trinajstić information content (AvgIpc) is 3.62. The summed E-state index contributed by atoms with van der Waals surface area (Å²) in [7, 11) is -7.55. The van der Waals surface area contributed by atoms with E-state index in [1.807, 2.05) is 6.92 Å². The molecule has 0 aliphatic heterocycles. The highest BCUT2D eigenvalue weighted by Gasteiger charge is 2.21. The van der Waals surface area contributed by atoms with Gasteiger partial charge in [-0.05, 0) is 24.6 Å². The van der Waals surface area contributed by atoms with Crippen LogP contribution in [0, 0.1) is 0 Å². The standard InChI is InChI=1S/C24H33N5O11S2/c1-4-6-35-8-10-37-12-13-38-11-9-36-7-5-20(30)25-19-15-17(21-26-28-23(39-21)41(2,31)32)14-18(16-19)22-27-29-24(40-22)42(3,33)34/h14-16H,4-13H2,1-3H3,(H,25,30). The van der Waals surface area contributed by atoms with Crippen LogP contribution in [0.1, 0.15) is 19.8 Å². The zero-order valence-corrected chi connectivity index (χ0v) is 25.0. The molecule has 3 rings (SSSR count). The Kier molecular flexibility index (Phi) is 12.5. The Bertz CT molecular complexity index is 1430. The summed E-state index contributed by atoms with van der Waals surface area (Å²) in [4.78, 5) is 12.6. The van der Waals surface area contributed by atoms with E-state index in [1.165, 1.54) is 18.2 Å². The quantitative estimate of drug-likeness (QED) is 0.185. The van der Waals surface area contributed by atoms with Gasteiger partial charge < -0.3 is 33.1 Å². The largest absolute Gasteiger partial charge is 0.408 e. The van der Waals surface area contributed by atoms with Crippen LogP contribution in [0.2, 0.25) is 0 Å². The van der Waals surface area contributed by atoms with Crippen molar-refractivity contribution in [3.05, 3.63) is 18.2 Å². The highest BCUT2D eigenvalue weighted by Crippen LogP contribution is 2.30. The number of aromatic nitrogens is 4. The van der Waals surface area contributed by atoms with Crippen molar-refractivity contribution in [1.29, 1.82) is 0 Å². The molecule has 1 amide bonds. The van der Waals surface area contributed by atoms with Crippen LogP contribution in [0.4, 0.5) is 5.69 Å². The summed E-state index contributed by atoms with van der Waals surface area (Å²) in [6.07, 6.45) is 2.80. The number of sulfone groups is 2. The number of ether oxygens (including phenoxy) is 4. The Morgan fingerprint density at radius 1 is 0.690 bits per heavy atom. The van der Waals surface area contributed by atoms with E-state index in [2.05, 4.69) is 25.7 Å². The molecule has 0 aliphatic carbocycles. The second-order valence-corrected chi connectivity index (χ2v) is 12.6. The van der Waals surface area contributed by atoms with Gasteiger partial charge in [-0.2, -0.15) is 0 Å². The van der Waals surface area contributed by atoms with Crippen LogP contribution in [-0.4, -0.2) is 109 Å². The van der Waals surface area contributed by atoms with Gasteiger partial charge in [0.05, 0.1) is 52.7 Å². The highest BCUT2D eigenvalue weighted by atomic mass is 32.2. The Morgan fingerprint density at radius 2 is 1.12 bits per heavy atom. The fourth-order valence-electron chi connectivity index (χ4n) is 3.19. The molecule has 0 unspecified atom stereocenters. The summed E-state index contributed by atoms with van der Waals surface area (Å²) >= 11 is 0. The lowest BCUT2D eigenvalue weighted by Gasteiger charge is -2.09. The lowest BCUT2D eigenvalue weighted by atomic mass is 10.1. The number of nitrogens with zero attached hydrogens (tertiary/aromatic N) is 4. The van der Waals surface area contributed by atoms with Gasteiger partial charge in [0.2, 0.25) is 37.4 Å². The predicted molar refractivity (Wildman–Crippen MR) is 146 cm³/mol. The molecule has 16 nitrogen and oxygen atoms in total. The summed E-state index contributed by atoms with van der Waals surface area (Å²) in [5, 5.41) is 16.1. The minimum atomic E-state index is -3.77. The molecule has 0 bridgehead atoms. The fourth-order valence-corrected chi connectivity index (χ4v) is 4.03. The number of hydrogen-bond donors (Lipinski definition) is 1. The molecule has 0 aliphatic rings. The van der Waals surface area contributed by atoms with Crippen molar-refractivity contribution in [2.75, 3.05) is 70.7 Å². The van der Waals surface area contributed by atoms with E-state index in [9.17, 15) is 21.6 Å². The molecule has 0 radical (unpaired) electrons. The maximum Gasteiger partial charge on any atom is 0.335 e. The van der Waals surface area contributed by atoms with Gasteiger partial charge in [0.15, 0.2) is 0 Å². The Balaban J connectivity index is 1.55. The molecule has 2 heterocycles. The van der Waals surface area contributed by atoms with Crippen LogP contribution in [-0.2, 0) is 43.4 Å². The van der Waals surface area contributed by atoms with Gasteiger partial charge in [0.25, 0.3) is 0 Å². The van der Waals surface area contributed by atoms with Gasteiger partial charge in [-0.3, -0.25) is 4.79 Å². The van der Waals surface area contributed by atoms with Crippen molar-refractivity contribution in [2.24, 2.45) is 0 Å². The van der Waals surface area contributed by atoms with E-state index in [1.54, 1.807) is 0 Å². The molecular weight excluding hydrogens is 598 g/mol. The van der Waals surface area contributed by atoms with Crippen LogP contribution >= 0.6 is 0 Å². The van der Waals surface area contributed by atoms with E-state index < -0.39 is 36.0 Å². The number of carbonyl (C=O) groups is 1. The van der Waals surface area contributed by atoms with E-state index in [0.717, 1.165) is 18.9 Å². The van der Waals surface area contributed by atoms with Gasteiger partial charge in [-0.15, -0.1) is 10.2 Å². The summed E-state index contributed by atoms with van der Waals surface area (Å²) in [6, 6.07) is 4.35. The molecule has 3 aromatic rings. The van der Waals surface area contributed by atoms with Crippen molar-refractivity contribution < 1.29 is 49.4 Å². The van der Waals surface area contributed by atoms with Gasteiger partial charge in [-0.1, -0.05) is 17.1 Å².